The van der Waals surface area contributed by atoms with Gasteiger partial charge in [0.25, 0.3) is 5.91 Å². The largest absolute Gasteiger partial charge is 0.494 e. The molecule has 1 atom stereocenters. The summed E-state index contributed by atoms with van der Waals surface area (Å²) in [6, 6.07) is 4.31. The zero-order valence-corrected chi connectivity index (χ0v) is 10.6. The van der Waals surface area contributed by atoms with Gasteiger partial charge in [-0.05, 0) is 25.1 Å². The van der Waals surface area contributed by atoms with Crippen molar-refractivity contribution in [3.8, 4) is 5.75 Å². The molecule has 17 heavy (non-hydrogen) atoms. The zero-order valence-electron chi connectivity index (χ0n) is 9.77. The number of nitrogens with zero attached hydrogens (tertiary/aromatic N) is 1. The van der Waals surface area contributed by atoms with Crippen molar-refractivity contribution in [1.82, 2.24) is 4.90 Å². The van der Waals surface area contributed by atoms with Gasteiger partial charge in [-0.25, -0.2) is 4.39 Å². The first kappa shape index (κ1) is 12.2. The molecule has 1 amide bonds. The molecule has 1 saturated heterocycles. The second kappa shape index (κ2) is 4.96. The molecule has 1 aromatic rings. The smallest absolute Gasteiger partial charge is 0.254 e. The fraction of sp³-hybridized carbons (Fsp3) is 0.417. The third kappa shape index (κ3) is 2.39. The van der Waals surface area contributed by atoms with Crippen molar-refractivity contribution < 1.29 is 13.9 Å². The molecule has 1 heterocycles. The number of carbonyl (C=O) groups excluding carboxylic acids is 1. The highest BCUT2D eigenvalue weighted by molar-refractivity contribution is 8.00. The van der Waals surface area contributed by atoms with E-state index in [4.69, 9.17) is 4.74 Å². The maximum atomic E-state index is 13.5. The Morgan fingerprint density at radius 3 is 2.88 bits per heavy atom. The Morgan fingerprint density at radius 2 is 2.35 bits per heavy atom. The molecule has 0 N–H and O–H groups in total. The van der Waals surface area contributed by atoms with Crippen LogP contribution < -0.4 is 4.74 Å². The van der Waals surface area contributed by atoms with Gasteiger partial charge in [-0.15, -0.1) is 11.8 Å². The summed E-state index contributed by atoms with van der Waals surface area (Å²) in [4.78, 5) is 13.9. The van der Waals surface area contributed by atoms with Gasteiger partial charge >= 0.3 is 0 Å². The minimum absolute atomic E-state index is 0.121. The first-order valence-electron chi connectivity index (χ1n) is 5.39. The van der Waals surface area contributed by atoms with E-state index in [0.717, 1.165) is 12.3 Å². The molecule has 0 aromatic heterocycles. The Bertz CT molecular complexity index is 439. The van der Waals surface area contributed by atoms with Crippen molar-refractivity contribution >= 4 is 17.7 Å². The van der Waals surface area contributed by atoms with Crippen molar-refractivity contribution in [2.24, 2.45) is 0 Å². The lowest BCUT2D eigenvalue weighted by atomic mass is 10.2. The van der Waals surface area contributed by atoms with Crippen LogP contribution in [0.5, 0.6) is 5.75 Å². The van der Waals surface area contributed by atoms with Gasteiger partial charge in [-0.2, -0.15) is 0 Å². The second-order valence-corrected chi connectivity index (χ2v) is 5.24. The Morgan fingerprint density at radius 1 is 1.59 bits per heavy atom. The third-order valence-electron chi connectivity index (χ3n) is 2.79. The van der Waals surface area contributed by atoms with E-state index in [1.54, 1.807) is 22.7 Å². The topological polar surface area (TPSA) is 29.5 Å². The zero-order chi connectivity index (χ0) is 12.4. The number of methoxy groups -OCH3 is 1. The summed E-state index contributed by atoms with van der Waals surface area (Å²) < 4.78 is 18.3. The lowest BCUT2D eigenvalue weighted by Crippen LogP contribution is -2.33. The molecule has 1 unspecified atom stereocenters. The second-order valence-electron chi connectivity index (χ2n) is 3.82. The fourth-order valence-corrected chi connectivity index (χ4v) is 2.85. The van der Waals surface area contributed by atoms with Crippen LogP contribution in [0.25, 0.3) is 0 Å². The molecule has 0 spiro atoms. The van der Waals surface area contributed by atoms with Gasteiger partial charge in [0.2, 0.25) is 0 Å². The number of ether oxygens (including phenoxy) is 1. The van der Waals surface area contributed by atoms with Crippen molar-refractivity contribution in [3.63, 3.8) is 0 Å². The van der Waals surface area contributed by atoms with Gasteiger partial charge in [-0.1, -0.05) is 0 Å². The number of amides is 1. The summed E-state index contributed by atoms with van der Waals surface area (Å²) in [6.45, 7) is 2.70. The van der Waals surface area contributed by atoms with E-state index in [9.17, 15) is 9.18 Å². The normalized spacial score (nSPS) is 19.5. The van der Waals surface area contributed by atoms with E-state index in [-0.39, 0.29) is 17.0 Å². The van der Waals surface area contributed by atoms with Gasteiger partial charge in [0.1, 0.15) is 0 Å². The van der Waals surface area contributed by atoms with E-state index < -0.39 is 5.82 Å². The minimum Gasteiger partial charge on any atom is -0.494 e. The van der Waals surface area contributed by atoms with Crippen molar-refractivity contribution in [2.75, 3.05) is 19.4 Å². The Balaban J connectivity index is 2.22. The SMILES string of the molecule is COc1ccc(C(=O)N2CCSC2C)cc1F. The molecule has 2 rings (SSSR count). The maximum absolute atomic E-state index is 13.5. The number of benzene rings is 1. The first-order valence-corrected chi connectivity index (χ1v) is 6.44. The lowest BCUT2D eigenvalue weighted by molar-refractivity contribution is 0.0768. The minimum atomic E-state index is -0.502. The van der Waals surface area contributed by atoms with Crippen LogP contribution in [0, 0.1) is 5.82 Å². The van der Waals surface area contributed by atoms with Crippen LogP contribution in [0.3, 0.4) is 0 Å². The number of rotatable bonds is 2. The molecular weight excluding hydrogens is 241 g/mol. The quantitative estimate of drug-likeness (QED) is 0.812. The number of hydrogen-bond donors (Lipinski definition) is 0. The molecule has 1 aromatic carbocycles. The van der Waals surface area contributed by atoms with Crippen molar-refractivity contribution in [2.45, 2.75) is 12.3 Å². The standard InChI is InChI=1S/C12H14FNO2S/c1-8-14(5-6-17-8)12(15)9-3-4-11(16-2)10(13)7-9/h3-4,7-8H,5-6H2,1-2H3. The van der Waals surface area contributed by atoms with E-state index >= 15 is 0 Å². The van der Waals surface area contributed by atoms with Crippen LogP contribution in [-0.4, -0.2) is 35.6 Å². The summed E-state index contributed by atoms with van der Waals surface area (Å²) in [5.41, 5.74) is 0.373. The van der Waals surface area contributed by atoms with Gasteiger partial charge < -0.3 is 9.64 Å². The van der Waals surface area contributed by atoms with Crippen LogP contribution in [0.2, 0.25) is 0 Å². The van der Waals surface area contributed by atoms with E-state index in [2.05, 4.69) is 0 Å². The monoisotopic (exact) mass is 255 g/mol. The Labute approximate surface area is 104 Å². The Hall–Kier alpha value is -1.23. The van der Waals surface area contributed by atoms with E-state index in [1.807, 2.05) is 6.92 Å². The van der Waals surface area contributed by atoms with Crippen LogP contribution in [0.4, 0.5) is 4.39 Å². The molecule has 0 aliphatic carbocycles. The van der Waals surface area contributed by atoms with Gasteiger partial charge in [0.05, 0.1) is 12.5 Å². The summed E-state index contributed by atoms with van der Waals surface area (Å²) in [7, 11) is 1.40. The molecule has 1 aliphatic rings. The molecule has 92 valence electrons. The molecule has 3 nitrogen and oxygen atoms in total. The van der Waals surface area contributed by atoms with Gasteiger partial charge in [0, 0.05) is 17.9 Å². The molecular formula is C12H14FNO2S. The maximum Gasteiger partial charge on any atom is 0.254 e. The molecule has 5 heteroatoms. The highest BCUT2D eigenvalue weighted by Crippen LogP contribution is 2.26. The molecule has 0 bridgehead atoms. The van der Waals surface area contributed by atoms with E-state index in [0.29, 0.717) is 5.56 Å². The molecule has 0 radical (unpaired) electrons. The third-order valence-corrected chi connectivity index (χ3v) is 3.94. The lowest BCUT2D eigenvalue weighted by Gasteiger charge is -2.20. The average molecular weight is 255 g/mol. The van der Waals surface area contributed by atoms with Crippen LogP contribution >= 0.6 is 11.8 Å². The van der Waals surface area contributed by atoms with Crippen LogP contribution in [-0.2, 0) is 0 Å². The summed E-state index contributed by atoms with van der Waals surface area (Å²) in [5.74, 6) is 0.471. The predicted molar refractivity (Wildman–Crippen MR) is 65.9 cm³/mol. The first-order chi connectivity index (χ1) is 8.13. The Kier molecular flexibility index (Phi) is 3.57. The number of carbonyl (C=O) groups is 1. The van der Waals surface area contributed by atoms with Gasteiger partial charge in [-0.3, -0.25) is 4.79 Å². The van der Waals surface area contributed by atoms with Crippen LogP contribution in [0.15, 0.2) is 18.2 Å². The fourth-order valence-electron chi connectivity index (χ4n) is 1.83. The molecule has 1 fully saturated rings. The molecule has 1 aliphatic heterocycles. The highest BCUT2D eigenvalue weighted by atomic mass is 32.2. The van der Waals surface area contributed by atoms with Crippen molar-refractivity contribution in [3.05, 3.63) is 29.6 Å². The summed E-state index contributed by atoms with van der Waals surface area (Å²) in [6.07, 6.45) is 0. The van der Waals surface area contributed by atoms with Crippen LogP contribution in [0.1, 0.15) is 17.3 Å². The highest BCUT2D eigenvalue weighted by Gasteiger charge is 2.26. The predicted octanol–water partition coefficient (Wildman–Crippen LogP) is 2.37. The molecule has 0 saturated carbocycles. The van der Waals surface area contributed by atoms with E-state index in [1.165, 1.54) is 19.2 Å². The number of halogens is 1. The van der Waals surface area contributed by atoms with Crippen molar-refractivity contribution in [1.29, 1.82) is 0 Å². The van der Waals surface area contributed by atoms with Gasteiger partial charge in [0.15, 0.2) is 11.6 Å². The number of thioether (sulfide) groups is 1. The number of hydrogen-bond acceptors (Lipinski definition) is 3. The summed E-state index contributed by atoms with van der Waals surface area (Å²) >= 11 is 1.73. The summed E-state index contributed by atoms with van der Waals surface area (Å²) in [5, 5.41) is 0.160. The average Bonchev–Trinajstić information content (AvgIpc) is 2.74.